The summed E-state index contributed by atoms with van der Waals surface area (Å²) in [6.07, 6.45) is 2.34. The number of hydrogen-bond donors (Lipinski definition) is 1. The van der Waals surface area contributed by atoms with Crippen molar-refractivity contribution in [1.82, 2.24) is 9.80 Å². The van der Waals surface area contributed by atoms with Crippen LogP contribution in [0, 0.1) is 23.5 Å². The lowest BCUT2D eigenvalue weighted by Gasteiger charge is -2.23. The highest BCUT2D eigenvalue weighted by Crippen LogP contribution is 2.30. The number of likely N-dealkylation sites (tertiary alicyclic amines) is 2. The summed E-state index contributed by atoms with van der Waals surface area (Å²) in [6, 6.07) is 2.20. The van der Waals surface area contributed by atoms with Crippen molar-refractivity contribution < 1.29 is 23.4 Å². The van der Waals surface area contributed by atoms with E-state index in [2.05, 4.69) is 4.90 Å². The molecule has 2 saturated heterocycles. The van der Waals surface area contributed by atoms with E-state index in [1.807, 2.05) is 0 Å². The molecule has 1 N–H and O–H groups in total. The Hall–Kier alpha value is -1.73. The number of hydrogen-bond acceptors (Lipinski definition) is 4. The zero-order chi connectivity index (χ0) is 18.0. The lowest BCUT2D eigenvalue weighted by atomic mass is 9.96. The number of aliphatic hydroxyl groups excluding tert-OH is 1. The maximum absolute atomic E-state index is 14.2. The van der Waals surface area contributed by atoms with Gasteiger partial charge in [0.05, 0.1) is 7.11 Å². The van der Waals surface area contributed by atoms with Gasteiger partial charge in [-0.3, -0.25) is 4.79 Å². The van der Waals surface area contributed by atoms with Gasteiger partial charge in [-0.2, -0.15) is 0 Å². The maximum Gasteiger partial charge on any atom is 0.260 e. The Balaban J connectivity index is 1.78. The summed E-state index contributed by atoms with van der Waals surface area (Å²) in [5.74, 6) is -2.74. The monoisotopic (exact) mass is 354 g/mol. The van der Waals surface area contributed by atoms with E-state index in [1.54, 1.807) is 0 Å². The van der Waals surface area contributed by atoms with Crippen molar-refractivity contribution >= 4 is 5.91 Å². The second-order valence-corrected chi connectivity index (χ2v) is 6.86. The number of benzene rings is 1. The molecule has 0 unspecified atom stereocenters. The average molecular weight is 354 g/mol. The average Bonchev–Trinajstić information content (AvgIpc) is 3.26. The van der Waals surface area contributed by atoms with Crippen LogP contribution in [0.3, 0.4) is 0 Å². The van der Waals surface area contributed by atoms with E-state index >= 15 is 0 Å². The first-order valence-corrected chi connectivity index (χ1v) is 8.69. The molecule has 2 aliphatic rings. The molecule has 0 bridgehead atoms. The number of halogens is 2. The third-order valence-corrected chi connectivity index (χ3v) is 5.28. The summed E-state index contributed by atoms with van der Waals surface area (Å²) >= 11 is 0. The van der Waals surface area contributed by atoms with Crippen LogP contribution < -0.4 is 4.74 Å². The van der Waals surface area contributed by atoms with E-state index in [-0.39, 0.29) is 29.8 Å². The number of amides is 1. The highest BCUT2D eigenvalue weighted by Gasteiger charge is 2.38. The molecule has 0 aliphatic carbocycles. The van der Waals surface area contributed by atoms with Crippen LogP contribution in [0.2, 0.25) is 0 Å². The van der Waals surface area contributed by atoms with Crippen LogP contribution >= 0.6 is 0 Å². The number of rotatable bonds is 5. The molecule has 0 radical (unpaired) electrons. The van der Waals surface area contributed by atoms with Crippen LogP contribution in [0.25, 0.3) is 0 Å². The smallest absolute Gasteiger partial charge is 0.260 e. The second-order valence-electron chi connectivity index (χ2n) is 6.86. The van der Waals surface area contributed by atoms with Gasteiger partial charge in [-0.15, -0.1) is 0 Å². The Morgan fingerprint density at radius 2 is 1.92 bits per heavy atom. The first kappa shape index (κ1) is 18.1. The van der Waals surface area contributed by atoms with E-state index in [9.17, 15) is 18.7 Å². The van der Waals surface area contributed by atoms with E-state index in [0.717, 1.165) is 25.7 Å². The van der Waals surface area contributed by atoms with Crippen LogP contribution in [0.5, 0.6) is 5.75 Å². The minimum atomic E-state index is -1.19. The van der Waals surface area contributed by atoms with Crippen LogP contribution in [-0.2, 0) is 0 Å². The van der Waals surface area contributed by atoms with Gasteiger partial charge in [0.2, 0.25) is 0 Å². The standard InChI is InChI=1S/C18H24F2N2O3/c1-25-15-5-4-14(19)17(20)16(15)18(24)22-9-12(13(10-22)11-23)8-21-6-2-3-7-21/h4-5,12-13,23H,2-3,6-11H2,1H3/t12-,13-/m1/s1. The van der Waals surface area contributed by atoms with Crippen LogP contribution in [-0.4, -0.2) is 67.3 Å². The molecule has 5 nitrogen and oxygen atoms in total. The quantitative estimate of drug-likeness (QED) is 0.875. The number of nitrogens with zero attached hydrogens (tertiary/aromatic N) is 2. The summed E-state index contributed by atoms with van der Waals surface area (Å²) in [5, 5.41) is 9.66. The Kier molecular flexibility index (Phi) is 5.54. The third kappa shape index (κ3) is 3.62. The minimum Gasteiger partial charge on any atom is -0.496 e. The van der Waals surface area contributed by atoms with Crippen molar-refractivity contribution in [2.45, 2.75) is 12.8 Å². The van der Waals surface area contributed by atoms with Crippen molar-refractivity contribution in [2.24, 2.45) is 11.8 Å². The number of carbonyl (C=O) groups excluding carboxylic acids is 1. The third-order valence-electron chi connectivity index (χ3n) is 5.28. The molecule has 0 spiro atoms. The second kappa shape index (κ2) is 7.66. The molecule has 25 heavy (non-hydrogen) atoms. The molecule has 2 aliphatic heterocycles. The largest absolute Gasteiger partial charge is 0.496 e. The molecule has 1 aromatic carbocycles. The highest BCUT2D eigenvalue weighted by molar-refractivity contribution is 5.97. The van der Waals surface area contributed by atoms with Gasteiger partial charge >= 0.3 is 0 Å². The fourth-order valence-corrected chi connectivity index (χ4v) is 3.88. The van der Waals surface area contributed by atoms with Gasteiger partial charge in [-0.05, 0) is 44.0 Å². The van der Waals surface area contributed by atoms with Crippen LogP contribution in [0.4, 0.5) is 8.78 Å². The number of methoxy groups -OCH3 is 1. The molecule has 7 heteroatoms. The molecule has 1 amide bonds. The van der Waals surface area contributed by atoms with Gasteiger partial charge in [0.15, 0.2) is 11.6 Å². The van der Waals surface area contributed by atoms with Gasteiger partial charge in [0, 0.05) is 32.2 Å². The molecule has 2 atom stereocenters. The van der Waals surface area contributed by atoms with E-state index in [1.165, 1.54) is 30.9 Å². The molecular weight excluding hydrogens is 330 g/mol. The van der Waals surface area contributed by atoms with E-state index < -0.39 is 17.5 Å². The Bertz CT molecular complexity index is 635. The first-order valence-electron chi connectivity index (χ1n) is 8.69. The van der Waals surface area contributed by atoms with Crippen molar-refractivity contribution in [1.29, 1.82) is 0 Å². The van der Waals surface area contributed by atoms with Gasteiger partial charge < -0.3 is 19.6 Å². The van der Waals surface area contributed by atoms with Gasteiger partial charge in [-0.25, -0.2) is 8.78 Å². The Morgan fingerprint density at radius 3 is 2.56 bits per heavy atom. The van der Waals surface area contributed by atoms with Crippen molar-refractivity contribution in [3.8, 4) is 5.75 Å². The number of ether oxygens (including phenoxy) is 1. The molecule has 138 valence electrons. The summed E-state index contributed by atoms with van der Waals surface area (Å²) in [4.78, 5) is 16.6. The van der Waals surface area contributed by atoms with Gasteiger partial charge in [0.1, 0.15) is 11.3 Å². The summed E-state index contributed by atoms with van der Waals surface area (Å²) in [5.41, 5.74) is -0.374. The predicted molar refractivity (Wildman–Crippen MR) is 88.6 cm³/mol. The maximum atomic E-state index is 14.2. The highest BCUT2D eigenvalue weighted by atomic mass is 19.2. The van der Waals surface area contributed by atoms with Crippen molar-refractivity contribution in [3.05, 3.63) is 29.3 Å². The zero-order valence-electron chi connectivity index (χ0n) is 14.4. The van der Waals surface area contributed by atoms with Crippen molar-refractivity contribution in [3.63, 3.8) is 0 Å². The predicted octanol–water partition coefficient (Wildman–Crippen LogP) is 1.75. The van der Waals surface area contributed by atoms with Crippen LogP contribution in [0.1, 0.15) is 23.2 Å². The number of aliphatic hydroxyl groups is 1. The Morgan fingerprint density at radius 1 is 1.24 bits per heavy atom. The normalized spacial score (nSPS) is 24.1. The topological polar surface area (TPSA) is 53.0 Å². The SMILES string of the molecule is COc1ccc(F)c(F)c1C(=O)N1C[C@@H](CN2CCCC2)[C@@H](CO)C1. The summed E-state index contributed by atoms with van der Waals surface area (Å²) in [7, 11) is 1.32. The fraction of sp³-hybridized carbons (Fsp3) is 0.611. The minimum absolute atomic E-state index is 0.0208. The van der Waals surface area contributed by atoms with Crippen LogP contribution in [0.15, 0.2) is 12.1 Å². The summed E-state index contributed by atoms with van der Waals surface area (Å²) < 4.78 is 32.8. The Labute approximate surface area is 146 Å². The first-order chi connectivity index (χ1) is 12.0. The molecule has 3 rings (SSSR count). The van der Waals surface area contributed by atoms with Gasteiger partial charge in [0.25, 0.3) is 5.91 Å². The lowest BCUT2D eigenvalue weighted by Crippen LogP contribution is -2.33. The molecule has 2 fully saturated rings. The zero-order valence-corrected chi connectivity index (χ0v) is 14.4. The van der Waals surface area contributed by atoms with Gasteiger partial charge in [-0.1, -0.05) is 0 Å². The molecule has 1 aromatic rings. The lowest BCUT2D eigenvalue weighted by molar-refractivity contribution is 0.0769. The molecule has 2 heterocycles. The number of carbonyl (C=O) groups is 1. The fourth-order valence-electron chi connectivity index (χ4n) is 3.88. The molecular formula is C18H24F2N2O3. The van der Waals surface area contributed by atoms with E-state index in [4.69, 9.17) is 4.74 Å². The molecule has 0 aromatic heterocycles. The molecule has 0 saturated carbocycles. The summed E-state index contributed by atoms with van der Waals surface area (Å²) in [6.45, 7) is 3.64. The van der Waals surface area contributed by atoms with Crippen molar-refractivity contribution in [2.75, 3.05) is 46.4 Å². The van der Waals surface area contributed by atoms with E-state index in [0.29, 0.717) is 13.1 Å².